The fraction of sp³-hybridized carbons (Fsp3) is 0.125. The van der Waals surface area contributed by atoms with Crippen LogP contribution in [0.2, 0.25) is 10.0 Å². The molecule has 0 radical (unpaired) electrons. The van der Waals surface area contributed by atoms with Gasteiger partial charge in [-0.2, -0.15) is 0 Å². The minimum atomic E-state index is -0.766. The molecule has 3 aromatic rings. The number of nitrogens with one attached hydrogen (secondary N) is 1. The number of hydrogen-bond acceptors (Lipinski definition) is 3. The molecule has 0 saturated carbocycles. The van der Waals surface area contributed by atoms with E-state index in [1.165, 1.54) is 4.90 Å². The van der Waals surface area contributed by atoms with Gasteiger partial charge in [0.2, 0.25) is 5.91 Å². The third-order valence-electron chi connectivity index (χ3n) is 5.12. The summed E-state index contributed by atoms with van der Waals surface area (Å²) in [7, 11) is 0. The summed E-state index contributed by atoms with van der Waals surface area (Å²) in [5.74, 6) is -0.568. The summed E-state index contributed by atoms with van der Waals surface area (Å²) < 4.78 is 0. The van der Waals surface area contributed by atoms with Gasteiger partial charge >= 0.3 is 0 Å². The first-order valence-electron chi connectivity index (χ1n) is 9.92. The van der Waals surface area contributed by atoms with Gasteiger partial charge in [0.25, 0.3) is 5.91 Å². The largest absolute Gasteiger partial charge is 0.332 e. The van der Waals surface area contributed by atoms with Crippen LogP contribution >= 0.6 is 35.4 Å². The van der Waals surface area contributed by atoms with Crippen molar-refractivity contribution in [2.24, 2.45) is 0 Å². The van der Waals surface area contributed by atoms with Gasteiger partial charge in [-0.05, 0) is 54.2 Å². The minimum Gasteiger partial charge on any atom is -0.332 e. The van der Waals surface area contributed by atoms with Crippen molar-refractivity contribution in [3.05, 3.63) is 94.5 Å². The van der Waals surface area contributed by atoms with Crippen LogP contribution in [-0.2, 0) is 16.1 Å². The summed E-state index contributed by atoms with van der Waals surface area (Å²) in [4.78, 5) is 29.5. The van der Waals surface area contributed by atoms with Crippen LogP contribution in [-0.4, -0.2) is 27.9 Å². The Balaban J connectivity index is 1.61. The number of anilines is 2. The smallest absolute Gasteiger partial charge is 0.256 e. The second kappa shape index (κ2) is 9.69. The van der Waals surface area contributed by atoms with Gasteiger partial charge in [0.15, 0.2) is 5.11 Å². The van der Waals surface area contributed by atoms with Crippen LogP contribution in [0.5, 0.6) is 0 Å². The topological polar surface area (TPSA) is 52.7 Å². The molecule has 0 aliphatic carbocycles. The maximum Gasteiger partial charge on any atom is 0.256 e. The van der Waals surface area contributed by atoms with E-state index in [9.17, 15) is 9.59 Å². The van der Waals surface area contributed by atoms with Gasteiger partial charge in [-0.3, -0.25) is 14.5 Å². The van der Waals surface area contributed by atoms with Gasteiger partial charge in [0.1, 0.15) is 6.04 Å². The molecule has 0 bridgehead atoms. The lowest BCUT2D eigenvalue weighted by atomic mass is 10.1. The monoisotopic (exact) mass is 483 g/mol. The molecule has 8 heteroatoms. The van der Waals surface area contributed by atoms with Gasteiger partial charge in [0.05, 0.1) is 12.1 Å². The Labute approximate surface area is 201 Å². The van der Waals surface area contributed by atoms with Crippen molar-refractivity contribution >= 4 is 63.7 Å². The fourth-order valence-electron chi connectivity index (χ4n) is 3.59. The van der Waals surface area contributed by atoms with E-state index in [2.05, 4.69) is 5.32 Å². The number of benzene rings is 3. The van der Waals surface area contributed by atoms with E-state index in [1.54, 1.807) is 35.2 Å². The number of rotatable bonds is 6. The number of halogens is 2. The molecule has 32 heavy (non-hydrogen) atoms. The zero-order chi connectivity index (χ0) is 22.7. The average Bonchev–Trinajstić information content (AvgIpc) is 2.99. The maximum absolute atomic E-state index is 13.4. The van der Waals surface area contributed by atoms with Crippen molar-refractivity contribution in [1.82, 2.24) is 4.90 Å². The summed E-state index contributed by atoms with van der Waals surface area (Å²) in [5.41, 5.74) is 2.04. The molecule has 162 valence electrons. The number of carbonyl (C=O) groups is 2. The number of carbonyl (C=O) groups excluding carboxylic acids is 2. The van der Waals surface area contributed by atoms with E-state index >= 15 is 0 Å². The molecule has 0 spiro atoms. The molecule has 1 aliphatic rings. The molecule has 1 atom stereocenters. The first kappa shape index (κ1) is 22.3. The van der Waals surface area contributed by atoms with Gasteiger partial charge in [-0.25, -0.2) is 0 Å². The predicted octanol–water partition coefficient (Wildman–Crippen LogP) is 5.52. The number of thiocarbonyl (C=S) groups is 1. The van der Waals surface area contributed by atoms with Crippen molar-refractivity contribution in [2.75, 3.05) is 10.2 Å². The van der Waals surface area contributed by atoms with E-state index in [-0.39, 0.29) is 18.2 Å². The molecule has 1 heterocycles. The average molecular weight is 484 g/mol. The molecule has 1 aliphatic heterocycles. The molecule has 4 rings (SSSR count). The Bertz CT molecular complexity index is 1170. The third-order valence-corrected chi connectivity index (χ3v) is 6.14. The van der Waals surface area contributed by atoms with Crippen LogP contribution in [0.15, 0.2) is 78.9 Å². The highest BCUT2D eigenvalue weighted by molar-refractivity contribution is 7.80. The second-order valence-electron chi connectivity index (χ2n) is 7.29. The Morgan fingerprint density at radius 2 is 1.69 bits per heavy atom. The Hall–Kier alpha value is -2.93. The standard InChI is InChI=1S/C24H19Cl2N3O2S/c25-17-8-6-9-18(13-17)27-22(30)14-21-23(31)29(19-10-2-1-3-11-19)24(32)28(21)15-16-7-4-5-12-20(16)26/h1-13,21H,14-15H2,(H,27,30). The SMILES string of the molecule is O=C(CC1C(=O)N(c2ccccc2)C(=S)N1Cc1ccccc1Cl)Nc1cccc(Cl)c1. The zero-order valence-corrected chi connectivity index (χ0v) is 19.2. The minimum absolute atomic E-state index is 0.0702. The summed E-state index contributed by atoms with van der Waals surface area (Å²) >= 11 is 18.0. The van der Waals surface area contributed by atoms with Gasteiger partial charge in [-0.1, -0.05) is 65.7 Å². The zero-order valence-electron chi connectivity index (χ0n) is 16.9. The molecule has 1 fully saturated rings. The lowest BCUT2D eigenvalue weighted by Gasteiger charge is -2.24. The van der Waals surface area contributed by atoms with E-state index in [4.69, 9.17) is 35.4 Å². The molecule has 2 amide bonds. The molecule has 3 aromatic carbocycles. The Morgan fingerprint density at radius 1 is 0.969 bits per heavy atom. The lowest BCUT2D eigenvalue weighted by molar-refractivity contribution is -0.124. The summed E-state index contributed by atoms with van der Waals surface area (Å²) in [5, 5.41) is 4.22. The first-order valence-corrected chi connectivity index (χ1v) is 11.1. The summed E-state index contributed by atoms with van der Waals surface area (Å²) in [6.07, 6.45) is -0.0702. The molecule has 1 N–H and O–H groups in total. The molecular formula is C24H19Cl2N3O2S. The summed E-state index contributed by atoms with van der Waals surface area (Å²) in [6, 6.07) is 22.6. The van der Waals surface area contributed by atoms with Crippen molar-refractivity contribution in [1.29, 1.82) is 0 Å². The van der Waals surface area contributed by atoms with Crippen LogP contribution in [0.25, 0.3) is 0 Å². The summed E-state index contributed by atoms with van der Waals surface area (Å²) in [6.45, 7) is 0.308. The fourth-order valence-corrected chi connectivity index (χ4v) is 4.37. The van der Waals surface area contributed by atoms with Crippen molar-refractivity contribution in [3.63, 3.8) is 0 Å². The maximum atomic E-state index is 13.4. The van der Waals surface area contributed by atoms with Crippen LogP contribution < -0.4 is 10.2 Å². The number of hydrogen-bond donors (Lipinski definition) is 1. The molecule has 5 nitrogen and oxygen atoms in total. The van der Waals surface area contributed by atoms with Crippen molar-refractivity contribution in [3.8, 4) is 0 Å². The third kappa shape index (κ3) is 4.78. The molecule has 1 saturated heterocycles. The van der Waals surface area contributed by atoms with Crippen LogP contribution in [0.3, 0.4) is 0 Å². The van der Waals surface area contributed by atoms with E-state index in [1.807, 2.05) is 48.5 Å². The highest BCUT2D eigenvalue weighted by Crippen LogP contribution is 2.30. The predicted molar refractivity (Wildman–Crippen MR) is 132 cm³/mol. The van der Waals surface area contributed by atoms with Crippen LogP contribution in [0.4, 0.5) is 11.4 Å². The second-order valence-corrected chi connectivity index (χ2v) is 8.50. The quantitative estimate of drug-likeness (QED) is 0.468. The molecular weight excluding hydrogens is 465 g/mol. The Kier molecular flexibility index (Phi) is 6.74. The van der Waals surface area contributed by atoms with Gasteiger partial charge in [-0.15, -0.1) is 0 Å². The Morgan fingerprint density at radius 3 is 2.41 bits per heavy atom. The van der Waals surface area contributed by atoms with Gasteiger partial charge in [0, 0.05) is 22.3 Å². The lowest BCUT2D eigenvalue weighted by Crippen LogP contribution is -2.37. The molecule has 1 unspecified atom stereocenters. The highest BCUT2D eigenvalue weighted by atomic mass is 35.5. The van der Waals surface area contributed by atoms with Crippen LogP contribution in [0.1, 0.15) is 12.0 Å². The molecule has 0 aromatic heterocycles. The van der Waals surface area contributed by atoms with E-state index < -0.39 is 6.04 Å². The van der Waals surface area contributed by atoms with E-state index in [0.29, 0.717) is 33.1 Å². The number of nitrogens with zero attached hydrogens (tertiary/aromatic N) is 2. The number of para-hydroxylation sites is 1. The normalized spacial score (nSPS) is 15.9. The van der Waals surface area contributed by atoms with Crippen LogP contribution in [0, 0.1) is 0 Å². The first-order chi connectivity index (χ1) is 15.4. The highest BCUT2D eigenvalue weighted by Gasteiger charge is 2.44. The van der Waals surface area contributed by atoms with Crippen molar-refractivity contribution in [2.45, 2.75) is 19.0 Å². The number of amides is 2. The van der Waals surface area contributed by atoms with Crippen molar-refractivity contribution < 1.29 is 9.59 Å². The van der Waals surface area contributed by atoms with E-state index in [0.717, 1.165) is 5.56 Å². The van der Waals surface area contributed by atoms with Gasteiger partial charge < -0.3 is 10.2 Å².